The van der Waals surface area contributed by atoms with Crippen LogP contribution in [0, 0.1) is 17.4 Å². The van der Waals surface area contributed by atoms with Crippen molar-refractivity contribution in [2.75, 3.05) is 39.3 Å². The van der Waals surface area contributed by atoms with Gasteiger partial charge in [-0.2, -0.15) is 0 Å². The Morgan fingerprint density at radius 3 is 2.00 bits per heavy atom. The molecule has 0 unspecified atom stereocenters. The highest BCUT2D eigenvalue weighted by Crippen LogP contribution is 2.11. The summed E-state index contributed by atoms with van der Waals surface area (Å²) in [5.74, 6) is 3.30. The van der Waals surface area contributed by atoms with Gasteiger partial charge in [0.25, 0.3) is 0 Å². The van der Waals surface area contributed by atoms with Gasteiger partial charge in [-0.05, 0) is 41.5 Å². The first-order valence-electron chi connectivity index (χ1n) is 7.30. The third-order valence-corrected chi connectivity index (χ3v) is 2.90. The van der Waals surface area contributed by atoms with Crippen molar-refractivity contribution in [3.8, 4) is 12.0 Å². The molecule has 1 rings (SSSR count). The maximum atomic E-state index is 5.77. The molecule has 0 saturated carbocycles. The Morgan fingerprint density at radius 2 is 1.53 bits per heavy atom. The van der Waals surface area contributed by atoms with Crippen LogP contribution in [0.3, 0.4) is 0 Å². The summed E-state index contributed by atoms with van der Waals surface area (Å²) in [5.41, 5.74) is 0.0672. The minimum absolute atomic E-state index is 0.0278. The number of nitrogens with zero attached hydrogens (tertiary/aromatic N) is 2. The van der Waals surface area contributed by atoms with Crippen LogP contribution < -0.4 is 0 Å². The van der Waals surface area contributed by atoms with Crippen molar-refractivity contribution in [1.29, 1.82) is 0 Å². The van der Waals surface area contributed by atoms with Crippen molar-refractivity contribution in [3.63, 3.8) is 0 Å². The minimum atomic E-state index is -0.0278. The van der Waals surface area contributed by atoms with Gasteiger partial charge in [0, 0.05) is 44.2 Å². The molecule has 1 aliphatic rings. The fourth-order valence-electron chi connectivity index (χ4n) is 1.81. The molecule has 3 heteroatoms. The highest BCUT2D eigenvalue weighted by molar-refractivity contribution is 5.07. The van der Waals surface area contributed by atoms with Crippen LogP contribution in [0.2, 0.25) is 0 Å². The highest BCUT2D eigenvalue weighted by Gasteiger charge is 2.16. The van der Waals surface area contributed by atoms with Crippen LogP contribution in [-0.2, 0) is 4.74 Å². The number of hydrogen-bond donors (Lipinski definition) is 0. The van der Waals surface area contributed by atoms with Crippen molar-refractivity contribution < 1.29 is 4.74 Å². The first-order valence-corrected chi connectivity index (χ1v) is 7.30. The Labute approximate surface area is 119 Å². The van der Waals surface area contributed by atoms with Crippen molar-refractivity contribution in [1.82, 2.24) is 9.80 Å². The van der Waals surface area contributed by atoms with Crippen LogP contribution in [0.25, 0.3) is 0 Å². The predicted octanol–water partition coefficient (Wildman–Crippen LogP) is 2.43. The van der Waals surface area contributed by atoms with E-state index < -0.39 is 0 Å². The molecule has 3 nitrogen and oxygen atoms in total. The van der Waals surface area contributed by atoms with E-state index in [4.69, 9.17) is 4.74 Å². The van der Waals surface area contributed by atoms with Gasteiger partial charge in [-0.25, -0.2) is 0 Å². The fourth-order valence-corrected chi connectivity index (χ4v) is 1.81. The standard InChI is InChI=1S/C16H30N2O/c1-15(2,3)7-8-17-9-11-18(12-10-17)13-14-19-16(4,5)6/h9-14H2,1-6H3. The lowest BCUT2D eigenvalue weighted by atomic mass is 9.98. The molecule has 1 heterocycles. The van der Waals surface area contributed by atoms with E-state index in [1.54, 1.807) is 0 Å². The molecular weight excluding hydrogens is 236 g/mol. The number of rotatable bonds is 3. The molecule has 0 aromatic carbocycles. The SMILES string of the molecule is CC(C)(C)C#CN1CCN(CCOC(C)(C)C)CC1. The predicted molar refractivity (Wildman–Crippen MR) is 80.9 cm³/mol. The fraction of sp³-hybridized carbons (Fsp3) is 0.875. The summed E-state index contributed by atoms with van der Waals surface area (Å²) < 4.78 is 5.77. The van der Waals surface area contributed by atoms with E-state index in [1.165, 1.54) is 0 Å². The summed E-state index contributed by atoms with van der Waals surface area (Å²) >= 11 is 0. The summed E-state index contributed by atoms with van der Waals surface area (Å²) in [5, 5.41) is 0. The molecular formula is C16H30N2O. The monoisotopic (exact) mass is 266 g/mol. The van der Waals surface area contributed by atoms with E-state index in [0.29, 0.717) is 0 Å². The number of ether oxygens (including phenoxy) is 1. The lowest BCUT2D eigenvalue weighted by Gasteiger charge is -2.33. The second-order valence-corrected chi connectivity index (χ2v) is 7.28. The normalized spacial score (nSPS) is 18.1. The molecule has 0 atom stereocenters. The van der Waals surface area contributed by atoms with Crippen LogP contribution in [-0.4, -0.2) is 54.7 Å². The maximum absolute atomic E-state index is 5.77. The van der Waals surface area contributed by atoms with Gasteiger partial charge in [-0.1, -0.05) is 5.92 Å². The first kappa shape index (κ1) is 16.3. The molecule has 0 amide bonds. The summed E-state index contributed by atoms with van der Waals surface area (Å²) in [4.78, 5) is 4.70. The zero-order valence-corrected chi connectivity index (χ0v) is 13.5. The highest BCUT2D eigenvalue weighted by atomic mass is 16.5. The van der Waals surface area contributed by atoms with Gasteiger partial charge in [0.2, 0.25) is 0 Å². The molecule has 0 aromatic heterocycles. The third kappa shape index (κ3) is 8.13. The Bertz CT molecular complexity index is 319. The lowest BCUT2D eigenvalue weighted by molar-refractivity contribution is -0.0161. The average Bonchev–Trinajstić information content (AvgIpc) is 2.25. The Morgan fingerprint density at radius 1 is 0.947 bits per heavy atom. The number of hydrogen-bond acceptors (Lipinski definition) is 3. The molecule has 110 valence electrons. The molecule has 0 aromatic rings. The Kier molecular flexibility index (Phi) is 5.70. The zero-order chi connectivity index (χ0) is 14.5. The second-order valence-electron chi connectivity index (χ2n) is 7.28. The minimum Gasteiger partial charge on any atom is -0.375 e. The van der Waals surface area contributed by atoms with E-state index in [9.17, 15) is 0 Å². The van der Waals surface area contributed by atoms with E-state index in [-0.39, 0.29) is 11.0 Å². The Balaban J connectivity index is 2.24. The van der Waals surface area contributed by atoms with Gasteiger partial charge in [0.15, 0.2) is 0 Å². The van der Waals surface area contributed by atoms with Gasteiger partial charge in [-0.15, -0.1) is 0 Å². The summed E-state index contributed by atoms with van der Waals surface area (Å²) in [6.45, 7) is 18.9. The van der Waals surface area contributed by atoms with Crippen LogP contribution in [0.15, 0.2) is 0 Å². The van der Waals surface area contributed by atoms with Gasteiger partial charge in [-0.3, -0.25) is 4.90 Å². The zero-order valence-electron chi connectivity index (χ0n) is 13.5. The van der Waals surface area contributed by atoms with Gasteiger partial charge < -0.3 is 9.64 Å². The Hall–Kier alpha value is -0.720. The quantitative estimate of drug-likeness (QED) is 0.730. The molecule has 1 fully saturated rings. The topological polar surface area (TPSA) is 15.7 Å². The average molecular weight is 266 g/mol. The van der Waals surface area contributed by atoms with Crippen LogP contribution in [0.1, 0.15) is 41.5 Å². The lowest BCUT2D eigenvalue weighted by Crippen LogP contribution is -2.45. The summed E-state index contributed by atoms with van der Waals surface area (Å²) in [7, 11) is 0. The van der Waals surface area contributed by atoms with Gasteiger partial charge >= 0.3 is 0 Å². The van der Waals surface area contributed by atoms with Crippen molar-refractivity contribution in [2.24, 2.45) is 5.41 Å². The molecule has 1 saturated heterocycles. The molecule has 0 N–H and O–H groups in total. The largest absolute Gasteiger partial charge is 0.375 e. The van der Waals surface area contributed by atoms with Crippen LogP contribution in [0.4, 0.5) is 0 Å². The maximum Gasteiger partial charge on any atom is 0.0600 e. The van der Waals surface area contributed by atoms with Crippen LogP contribution >= 0.6 is 0 Å². The molecule has 0 spiro atoms. The van der Waals surface area contributed by atoms with E-state index in [0.717, 1.165) is 39.3 Å². The van der Waals surface area contributed by atoms with E-state index >= 15 is 0 Å². The van der Waals surface area contributed by atoms with Gasteiger partial charge in [0.05, 0.1) is 12.2 Å². The van der Waals surface area contributed by atoms with E-state index in [1.807, 2.05) is 0 Å². The summed E-state index contributed by atoms with van der Waals surface area (Å²) in [6.07, 6.45) is 0. The van der Waals surface area contributed by atoms with Crippen molar-refractivity contribution >= 4 is 0 Å². The van der Waals surface area contributed by atoms with E-state index in [2.05, 4.69) is 63.3 Å². The first-order chi connectivity index (χ1) is 8.66. The van der Waals surface area contributed by atoms with Crippen LogP contribution in [0.5, 0.6) is 0 Å². The molecule has 0 radical (unpaired) electrons. The van der Waals surface area contributed by atoms with Crippen molar-refractivity contribution in [3.05, 3.63) is 0 Å². The second kappa shape index (κ2) is 6.63. The molecule has 1 aliphatic heterocycles. The molecule has 0 bridgehead atoms. The number of piperazine rings is 1. The molecule has 0 aliphatic carbocycles. The third-order valence-electron chi connectivity index (χ3n) is 2.90. The van der Waals surface area contributed by atoms with Crippen molar-refractivity contribution in [2.45, 2.75) is 47.1 Å². The molecule has 19 heavy (non-hydrogen) atoms. The smallest absolute Gasteiger partial charge is 0.0600 e. The summed E-state index contributed by atoms with van der Waals surface area (Å²) in [6, 6.07) is 3.29. The van der Waals surface area contributed by atoms with Gasteiger partial charge in [0.1, 0.15) is 0 Å².